The molecule has 0 aliphatic heterocycles. The van der Waals surface area contributed by atoms with Gasteiger partial charge in [-0.2, -0.15) is 0 Å². The zero-order valence-electron chi connectivity index (χ0n) is 10.4. The highest BCUT2D eigenvalue weighted by atomic mass is 35.5. The minimum Gasteiger partial charge on any atom is -0.136 e. The Morgan fingerprint density at radius 2 is 1.55 bits per heavy atom. The van der Waals surface area contributed by atoms with Gasteiger partial charge in [0.2, 0.25) is 0 Å². The SMILES string of the molecule is Clc1nnc(Cl)c2cc(SCc3ccccc3)ccc12. The second kappa shape index (κ2) is 6.00. The molecule has 0 bridgehead atoms. The van der Waals surface area contributed by atoms with Crippen molar-refractivity contribution in [3.05, 3.63) is 64.4 Å². The quantitative estimate of drug-likeness (QED) is 0.618. The Balaban J connectivity index is 1.88. The first kappa shape index (κ1) is 13.7. The van der Waals surface area contributed by atoms with E-state index in [0.717, 1.165) is 21.4 Å². The van der Waals surface area contributed by atoms with Crippen molar-refractivity contribution >= 4 is 45.7 Å². The van der Waals surface area contributed by atoms with Crippen molar-refractivity contribution in [3.8, 4) is 0 Å². The van der Waals surface area contributed by atoms with Crippen LogP contribution in [0, 0.1) is 0 Å². The molecule has 0 N–H and O–H groups in total. The van der Waals surface area contributed by atoms with Gasteiger partial charge in [-0.3, -0.25) is 0 Å². The predicted molar refractivity (Wildman–Crippen MR) is 85.6 cm³/mol. The summed E-state index contributed by atoms with van der Waals surface area (Å²) in [6, 6.07) is 16.3. The molecule has 0 aliphatic rings. The van der Waals surface area contributed by atoms with Gasteiger partial charge in [0.1, 0.15) is 0 Å². The summed E-state index contributed by atoms with van der Waals surface area (Å²) >= 11 is 13.8. The molecule has 5 heteroatoms. The van der Waals surface area contributed by atoms with Crippen molar-refractivity contribution < 1.29 is 0 Å². The molecule has 0 spiro atoms. The van der Waals surface area contributed by atoms with Crippen LogP contribution in [-0.4, -0.2) is 10.2 Å². The predicted octanol–water partition coefficient (Wildman–Crippen LogP) is 5.23. The number of aromatic nitrogens is 2. The lowest BCUT2D eigenvalue weighted by atomic mass is 10.2. The second-order valence-corrected chi connectivity index (χ2v) is 6.03. The number of hydrogen-bond donors (Lipinski definition) is 0. The fraction of sp³-hybridized carbons (Fsp3) is 0.0667. The van der Waals surface area contributed by atoms with Gasteiger partial charge in [-0.05, 0) is 23.8 Å². The zero-order chi connectivity index (χ0) is 13.9. The van der Waals surface area contributed by atoms with Crippen molar-refractivity contribution in [1.82, 2.24) is 10.2 Å². The molecular weight excluding hydrogens is 311 g/mol. The van der Waals surface area contributed by atoms with Gasteiger partial charge in [-0.25, -0.2) is 0 Å². The van der Waals surface area contributed by atoms with Gasteiger partial charge in [-0.15, -0.1) is 22.0 Å². The highest BCUT2D eigenvalue weighted by Gasteiger charge is 2.07. The highest BCUT2D eigenvalue weighted by molar-refractivity contribution is 7.98. The average Bonchev–Trinajstić information content (AvgIpc) is 2.50. The summed E-state index contributed by atoms with van der Waals surface area (Å²) in [5, 5.41) is 10.1. The van der Waals surface area contributed by atoms with Crippen molar-refractivity contribution in [2.45, 2.75) is 10.6 Å². The number of rotatable bonds is 3. The van der Waals surface area contributed by atoms with Crippen molar-refractivity contribution in [1.29, 1.82) is 0 Å². The molecule has 0 atom stereocenters. The van der Waals surface area contributed by atoms with Gasteiger partial charge >= 0.3 is 0 Å². The summed E-state index contributed by atoms with van der Waals surface area (Å²) in [6.07, 6.45) is 0. The summed E-state index contributed by atoms with van der Waals surface area (Å²) in [4.78, 5) is 1.13. The molecule has 2 nitrogen and oxygen atoms in total. The number of thioether (sulfide) groups is 1. The smallest absolute Gasteiger partial charge is 0.136 e. The van der Waals surface area contributed by atoms with Gasteiger partial charge in [0.05, 0.1) is 0 Å². The van der Waals surface area contributed by atoms with Crippen LogP contribution in [0.1, 0.15) is 5.56 Å². The van der Waals surface area contributed by atoms with Crippen LogP contribution < -0.4 is 0 Å². The normalized spacial score (nSPS) is 10.9. The molecule has 2 aromatic carbocycles. The van der Waals surface area contributed by atoms with Gasteiger partial charge < -0.3 is 0 Å². The van der Waals surface area contributed by atoms with Crippen LogP contribution in [0.25, 0.3) is 10.8 Å². The van der Waals surface area contributed by atoms with Crippen molar-refractivity contribution in [2.75, 3.05) is 0 Å². The van der Waals surface area contributed by atoms with E-state index in [-0.39, 0.29) is 0 Å². The highest BCUT2D eigenvalue weighted by Crippen LogP contribution is 2.31. The average molecular weight is 321 g/mol. The molecular formula is C15H10Cl2N2S. The third-order valence-electron chi connectivity index (χ3n) is 2.91. The molecule has 0 unspecified atom stereocenters. The van der Waals surface area contributed by atoms with Crippen LogP contribution in [0.5, 0.6) is 0 Å². The Bertz CT molecular complexity index is 747. The van der Waals surface area contributed by atoms with Crippen LogP contribution in [-0.2, 0) is 5.75 Å². The number of benzene rings is 2. The van der Waals surface area contributed by atoms with E-state index >= 15 is 0 Å². The van der Waals surface area contributed by atoms with E-state index in [2.05, 4.69) is 22.3 Å². The number of nitrogens with zero attached hydrogens (tertiary/aromatic N) is 2. The van der Waals surface area contributed by atoms with Gasteiger partial charge in [-0.1, -0.05) is 53.5 Å². The molecule has 20 heavy (non-hydrogen) atoms. The van der Waals surface area contributed by atoms with Crippen LogP contribution in [0.3, 0.4) is 0 Å². The molecule has 0 saturated carbocycles. The van der Waals surface area contributed by atoms with Gasteiger partial charge in [0, 0.05) is 21.4 Å². The van der Waals surface area contributed by atoms with Crippen LogP contribution >= 0.6 is 35.0 Å². The van der Waals surface area contributed by atoms with Crippen LogP contribution in [0.15, 0.2) is 53.4 Å². The molecule has 0 fully saturated rings. The topological polar surface area (TPSA) is 25.8 Å². The van der Waals surface area contributed by atoms with E-state index in [0.29, 0.717) is 10.3 Å². The Kier molecular flexibility index (Phi) is 4.10. The molecule has 0 aliphatic carbocycles. The standard InChI is InChI=1S/C15H10Cl2N2S/c16-14-12-7-6-11(8-13(12)15(17)19-18-14)20-9-10-4-2-1-3-5-10/h1-8H,9H2. The van der Waals surface area contributed by atoms with E-state index in [4.69, 9.17) is 23.2 Å². The maximum atomic E-state index is 6.08. The lowest BCUT2D eigenvalue weighted by Crippen LogP contribution is -1.87. The molecule has 3 aromatic rings. The molecule has 3 rings (SSSR count). The molecule has 100 valence electrons. The van der Waals surface area contributed by atoms with E-state index in [1.165, 1.54) is 5.56 Å². The molecule has 0 radical (unpaired) electrons. The first-order valence-corrected chi connectivity index (χ1v) is 7.76. The Morgan fingerprint density at radius 1 is 0.850 bits per heavy atom. The largest absolute Gasteiger partial charge is 0.159 e. The fourth-order valence-corrected chi connectivity index (χ4v) is 3.19. The first-order chi connectivity index (χ1) is 9.74. The number of halogens is 2. The summed E-state index contributed by atoms with van der Waals surface area (Å²) in [5.74, 6) is 0.913. The molecule has 1 aromatic heterocycles. The first-order valence-electron chi connectivity index (χ1n) is 6.02. The van der Waals surface area contributed by atoms with Crippen LogP contribution in [0.4, 0.5) is 0 Å². The monoisotopic (exact) mass is 320 g/mol. The van der Waals surface area contributed by atoms with E-state index in [1.54, 1.807) is 11.8 Å². The summed E-state index contributed by atoms with van der Waals surface area (Å²) in [6.45, 7) is 0. The van der Waals surface area contributed by atoms with Gasteiger partial charge in [0.15, 0.2) is 10.3 Å². The van der Waals surface area contributed by atoms with E-state index in [1.807, 2.05) is 36.4 Å². The maximum Gasteiger partial charge on any atom is 0.159 e. The molecule has 1 heterocycles. The second-order valence-electron chi connectivity index (χ2n) is 4.26. The van der Waals surface area contributed by atoms with E-state index in [9.17, 15) is 0 Å². The minimum absolute atomic E-state index is 0.379. The third-order valence-corrected chi connectivity index (χ3v) is 4.53. The van der Waals surface area contributed by atoms with Crippen molar-refractivity contribution in [2.24, 2.45) is 0 Å². The Morgan fingerprint density at radius 3 is 2.30 bits per heavy atom. The zero-order valence-corrected chi connectivity index (χ0v) is 12.7. The van der Waals surface area contributed by atoms with Crippen LogP contribution in [0.2, 0.25) is 10.3 Å². The third kappa shape index (κ3) is 2.90. The summed E-state index contributed by atoms with van der Waals surface area (Å²) in [5.41, 5.74) is 1.29. The lowest BCUT2D eigenvalue weighted by molar-refractivity contribution is 1.05. The summed E-state index contributed by atoms with van der Waals surface area (Å²) < 4.78 is 0. The Hall–Kier alpha value is -1.29. The number of hydrogen-bond acceptors (Lipinski definition) is 3. The Labute approximate surface area is 131 Å². The lowest BCUT2D eigenvalue weighted by Gasteiger charge is -2.05. The fourth-order valence-electron chi connectivity index (χ4n) is 1.90. The summed E-state index contributed by atoms with van der Waals surface area (Å²) in [7, 11) is 0. The van der Waals surface area contributed by atoms with Crippen molar-refractivity contribution in [3.63, 3.8) is 0 Å². The molecule has 0 amide bonds. The molecule has 0 saturated heterocycles. The number of fused-ring (bicyclic) bond motifs is 1. The van der Waals surface area contributed by atoms with E-state index < -0.39 is 0 Å². The maximum absolute atomic E-state index is 6.08. The minimum atomic E-state index is 0.379. The van der Waals surface area contributed by atoms with Gasteiger partial charge in [0.25, 0.3) is 0 Å².